The summed E-state index contributed by atoms with van der Waals surface area (Å²) in [7, 11) is 0. The van der Waals surface area contributed by atoms with Crippen LogP contribution < -0.4 is 0 Å². The number of fused-ring (bicyclic) bond motifs is 1. The number of nitriles is 1. The molecule has 0 fully saturated rings. The van der Waals surface area contributed by atoms with E-state index in [0.717, 1.165) is 24.3 Å². The maximum absolute atomic E-state index is 10.1. The van der Waals surface area contributed by atoms with E-state index in [1.165, 1.54) is 5.56 Å². The highest BCUT2D eigenvalue weighted by Gasteiger charge is 2.14. The lowest BCUT2D eigenvalue weighted by molar-refractivity contribution is 0.101. The van der Waals surface area contributed by atoms with Gasteiger partial charge < -0.3 is 9.51 Å². The SMILES string of the molecule is CCC(O)CN(Cc1ccccc1)Cc1cnc2ccc(C#N)cn12. The van der Waals surface area contributed by atoms with Gasteiger partial charge in [-0.1, -0.05) is 37.3 Å². The van der Waals surface area contributed by atoms with E-state index in [-0.39, 0.29) is 6.10 Å². The molecule has 0 aliphatic rings. The van der Waals surface area contributed by atoms with E-state index in [4.69, 9.17) is 5.26 Å². The van der Waals surface area contributed by atoms with Gasteiger partial charge in [0.15, 0.2) is 0 Å². The second kappa shape index (κ2) is 7.93. The van der Waals surface area contributed by atoms with Gasteiger partial charge in [0.05, 0.1) is 23.6 Å². The molecule has 0 saturated heterocycles. The molecule has 0 aliphatic carbocycles. The number of hydrogen-bond donors (Lipinski definition) is 1. The Bertz CT molecular complexity index is 866. The molecule has 2 aromatic heterocycles. The highest BCUT2D eigenvalue weighted by Crippen LogP contribution is 2.14. The highest BCUT2D eigenvalue weighted by molar-refractivity contribution is 5.44. The summed E-state index contributed by atoms with van der Waals surface area (Å²) in [5.74, 6) is 0. The topological polar surface area (TPSA) is 64.6 Å². The number of nitrogens with zero attached hydrogens (tertiary/aromatic N) is 4. The predicted octanol–water partition coefficient (Wildman–Crippen LogP) is 2.98. The third-order valence-corrected chi connectivity index (χ3v) is 4.29. The summed E-state index contributed by atoms with van der Waals surface area (Å²) in [5, 5.41) is 19.2. The Morgan fingerprint density at radius 1 is 1.20 bits per heavy atom. The van der Waals surface area contributed by atoms with Gasteiger partial charge in [0.25, 0.3) is 0 Å². The van der Waals surface area contributed by atoms with Gasteiger partial charge in [-0.05, 0) is 24.1 Å². The van der Waals surface area contributed by atoms with Crippen molar-refractivity contribution in [2.45, 2.75) is 32.5 Å². The summed E-state index contributed by atoms with van der Waals surface area (Å²) in [6.45, 7) is 3.99. The van der Waals surface area contributed by atoms with Crippen LogP contribution in [0.1, 0.15) is 30.2 Å². The summed E-state index contributed by atoms with van der Waals surface area (Å²) in [5.41, 5.74) is 3.64. The van der Waals surface area contributed by atoms with Crippen LogP contribution in [0, 0.1) is 11.3 Å². The van der Waals surface area contributed by atoms with Crippen LogP contribution in [0.15, 0.2) is 54.9 Å². The Morgan fingerprint density at radius 3 is 2.72 bits per heavy atom. The van der Waals surface area contributed by atoms with Gasteiger partial charge in [-0.25, -0.2) is 4.98 Å². The van der Waals surface area contributed by atoms with Crippen molar-refractivity contribution in [2.75, 3.05) is 6.54 Å². The number of pyridine rings is 1. The Balaban J connectivity index is 1.85. The fourth-order valence-electron chi connectivity index (χ4n) is 2.90. The standard InChI is InChI=1S/C20H22N4O/c1-2-19(25)15-23(12-16-6-4-3-5-7-16)14-18-11-22-20-9-8-17(10-21)13-24(18)20/h3-9,11,13,19,25H,2,12,14-15H2,1H3. The van der Waals surface area contributed by atoms with Crippen LogP contribution in [-0.2, 0) is 13.1 Å². The van der Waals surface area contributed by atoms with Crippen LogP contribution in [0.5, 0.6) is 0 Å². The largest absolute Gasteiger partial charge is 0.392 e. The molecule has 1 N–H and O–H groups in total. The lowest BCUT2D eigenvalue weighted by Gasteiger charge is -2.24. The number of aliphatic hydroxyl groups excluding tert-OH is 1. The lowest BCUT2D eigenvalue weighted by Crippen LogP contribution is -2.31. The Morgan fingerprint density at radius 2 is 2.00 bits per heavy atom. The normalized spacial score (nSPS) is 12.4. The fraction of sp³-hybridized carbons (Fsp3) is 0.300. The molecule has 3 rings (SSSR count). The fourth-order valence-corrected chi connectivity index (χ4v) is 2.90. The molecule has 0 spiro atoms. The molecular formula is C20H22N4O. The smallest absolute Gasteiger partial charge is 0.137 e. The summed E-state index contributed by atoms with van der Waals surface area (Å²) in [4.78, 5) is 6.63. The summed E-state index contributed by atoms with van der Waals surface area (Å²) in [6.07, 6.45) is 4.01. The molecule has 2 heterocycles. The molecule has 0 bridgehead atoms. The van der Waals surface area contributed by atoms with Gasteiger partial charge in [-0.2, -0.15) is 5.26 Å². The van der Waals surface area contributed by atoms with Gasteiger partial charge in [0.2, 0.25) is 0 Å². The van der Waals surface area contributed by atoms with Gasteiger partial charge in [-0.15, -0.1) is 0 Å². The Labute approximate surface area is 147 Å². The first-order valence-corrected chi connectivity index (χ1v) is 8.50. The lowest BCUT2D eigenvalue weighted by atomic mass is 10.2. The number of aliphatic hydroxyl groups is 1. The quantitative estimate of drug-likeness (QED) is 0.721. The zero-order valence-corrected chi connectivity index (χ0v) is 14.3. The molecule has 0 aliphatic heterocycles. The number of benzene rings is 1. The van der Waals surface area contributed by atoms with Crippen molar-refractivity contribution in [2.24, 2.45) is 0 Å². The van der Waals surface area contributed by atoms with Crippen molar-refractivity contribution in [3.8, 4) is 6.07 Å². The zero-order chi connectivity index (χ0) is 17.6. The van der Waals surface area contributed by atoms with Crippen LogP contribution in [0.2, 0.25) is 0 Å². The van der Waals surface area contributed by atoms with E-state index in [1.807, 2.05) is 48.0 Å². The summed E-state index contributed by atoms with van der Waals surface area (Å²) >= 11 is 0. The Hall–Kier alpha value is -2.68. The first-order valence-electron chi connectivity index (χ1n) is 8.50. The number of rotatable bonds is 7. The van der Waals surface area contributed by atoms with E-state index in [1.54, 1.807) is 6.07 Å². The Kier molecular flexibility index (Phi) is 5.44. The minimum absolute atomic E-state index is 0.363. The average Bonchev–Trinajstić information content (AvgIpc) is 3.04. The van der Waals surface area contributed by atoms with E-state index in [2.05, 4.69) is 28.1 Å². The van der Waals surface area contributed by atoms with Gasteiger partial charge >= 0.3 is 0 Å². The maximum atomic E-state index is 10.1. The molecule has 0 radical (unpaired) electrons. The molecule has 1 unspecified atom stereocenters. The monoisotopic (exact) mass is 334 g/mol. The average molecular weight is 334 g/mol. The van der Waals surface area contributed by atoms with E-state index < -0.39 is 0 Å². The molecular weight excluding hydrogens is 312 g/mol. The molecule has 25 heavy (non-hydrogen) atoms. The molecule has 128 valence electrons. The van der Waals surface area contributed by atoms with Crippen molar-refractivity contribution in [3.63, 3.8) is 0 Å². The molecule has 1 atom stereocenters. The van der Waals surface area contributed by atoms with Crippen LogP contribution in [0.4, 0.5) is 0 Å². The van der Waals surface area contributed by atoms with Crippen molar-refractivity contribution in [1.29, 1.82) is 5.26 Å². The first-order chi connectivity index (χ1) is 12.2. The molecule has 5 nitrogen and oxygen atoms in total. The number of hydrogen-bond acceptors (Lipinski definition) is 4. The second-order valence-corrected chi connectivity index (χ2v) is 6.22. The van der Waals surface area contributed by atoms with Crippen LogP contribution in [0.3, 0.4) is 0 Å². The van der Waals surface area contributed by atoms with E-state index >= 15 is 0 Å². The minimum Gasteiger partial charge on any atom is -0.392 e. The highest BCUT2D eigenvalue weighted by atomic mass is 16.3. The molecule has 1 aromatic carbocycles. The van der Waals surface area contributed by atoms with E-state index in [9.17, 15) is 5.11 Å². The van der Waals surface area contributed by atoms with Gasteiger partial charge in [0, 0.05) is 25.8 Å². The molecule has 3 aromatic rings. The maximum Gasteiger partial charge on any atom is 0.137 e. The molecule has 5 heteroatoms. The number of aromatic nitrogens is 2. The van der Waals surface area contributed by atoms with Crippen molar-refractivity contribution in [1.82, 2.24) is 14.3 Å². The van der Waals surface area contributed by atoms with E-state index in [0.29, 0.717) is 18.7 Å². The van der Waals surface area contributed by atoms with Gasteiger partial charge in [0.1, 0.15) is 11.7 Å². The zero-order valence-electron chi connectivity index (χ0n) is 14.3. The minimum atomic E-state index is -0.363. The van der Waals surface area contributed by atoms with Crippen LogP contribution in [0.25, 0.3) is 5.65 Å². The predicted molar refractivity (Wildman–Crippen MR) is 96.8 cm³/mol. The van der Waals surface area contributed by atoms with Crippen molar-refractivity contribution in [3.05, 3.63) is 71.7 Å². The van der Waals surface area contributed by atoms with Crippen LogP contribution in [-0.4, -0.2) is 32.0 Å². The second-order valence-electron chi connectivity index (χ2n) is 6.22. The third-order valence-electron chi connectivity index (χ3n) is 4.29. The van der Waals surface area contributed by atoms with Crippen molar-refractivity contribution < 1.29 is 5.11 Å². The van der Waals surface area contributed by atoms with Crippen LogP contribution >= 0.6 is 0 Å². The molecule has 0 amide bonds. The summed E-state index contributed by atoms with van der Waals surface area (Å²) in [6, 6.07) is 16.0. The van der Waals surface area contributed by atoms with Gasteiger partial charge in [-0.3, -0.25) is 4.90 Å². The number of imidazole rings is 1. The summed E-state index contributed by atoms with van der Waals surface area (Å²) < 4.78 is 1.95. The first kappa shape index (κ1) is 17.2. The molecule has 0 saturated carbocycles. The third kappa shape index (κ3) is 4.24. The van der Waals surface area contributed by atoms with Crippen molar-refractivity contribution >= 4 is 5.65 Å².